The number of hydrogen-bond donors (Lipinski definition) is 1. The molecule has 2 fully saturated rings. The molecule has 3 aromatic rings. The second-order valence-electron chi connectivity index (χ2n) is 9.82. The third kappa shape index (κ3) is 4.43. The third-order valence-electron chi connectivity index (χ3n) is 7.22. The Morgan fingerprint density at radius 1 is 1.11 bits per heavy atom. The number of sulfonamides is 1. The Morgan fingerprint density at radius 3 is 2.34 bits per heavy atom. The molecule has 0 amide bonds. The molecular weight excluding hydrogens is 477 g/mol. The van der Waals surface area contributed by atoms with Crippen molar-refractivity contribution in [1.82, 2.24) is 14.3 Å². The number of nitrogens with one attached hydrogen (secondary N) is 1. The summed E-state index contributed by atoms with van der Waals surface area (Å²) in [5, 5.41) is 10.6. The largest absolute Gasteiger partial charge is 0.391 e. The molecule has 0 aliphatic heterocycles. The molecule has 5 rings (SSSR count). The Hall–Kier alpha value is -2.90. The van der Waals surface area contributed by atoms with Crippen LogP contribution in [-0.2, 0) is 10.0 Å². The zero-order valence-corrected chi connectivity index (χ0v) is 20.0. The van der Waals surface area contributed by atoms with E-state index < -0.39 is 27.7 Å². The molecule has 35 heavy (non-hydrogen) atoms. The quantitative estimate of drug-likeness (QED) is 0.485. The number of hydrogen-bond acceptors (Lipinski definition) is 4. The van der Waals surface area contributed by atoms with E-state index in [9.17, 15) is 26.9 Å². The van der Waals surface area contributed by atoms with Crippen molar-refractivity contribution in [2.45, 2.75) is 68.1 Å². The molecule has 0 unspecified atom stereocenters. The molecule has 0 saturated heterocycles. The van der Waals surface area contributed by atoms with Gasteiger partial charge in [0.2, 0.25) is 10.0 Å². The van der Waals surface area contributed by atoms with E-state index in [-0.39, 0.29) is 23.8 Å². The lowest BCUT2D eigenvalue weighted by Gasteiger charge is -2.32. The lowest BCUT2D eigenvalue weighted by Crippen LogP contribution is -2.34. The highest BCUT2D eigenvalue weighted by molar-refractivity contribution is 7.89. The number of halogens is 3. The summed E-state index contributed by atoms with van der Waals surface area (Å²) in [5.41, 5.74) is 1.70. The number of fused-ring (bicyclic) bond motifs is 1. The maximum atomic E-state index is 13.3. The summed E-state index contributed by atoms with van der Waals surface area (Å²) in [6, 6.07) is 11.8. The van der Waals surface area contributed by atoms with Crippen molar-refractivity contribution in [2.75, 3.05) is 0 Å². The summed E-state index contributed by atoms with van der Waals surface area (Å²) < 4.78 is 69.9. The van der Waals surface area contributed by atoms with E-state index in [0.29, 0.717) is 40.7 Å². The van der Waals surface area contributed by atoms with E-state index in [1.54, 1.807) is 30.5 Å². The standard InChI is InChI=1S/C25H25F3N4O2S/c1-24(12-13-24)31-35(33,34)19-10-4-16(5-11-19)22-21(15-29)20-3-2-14-30-23(20)32(22)18-8-6-17(7-9-18)25(26,27)28/h2-5,10-11,14,17-18,31H,6-9,12-13H2,1H3. The first-order valence-corrected chi connectivity index (χ1v) is 13.1. The van der Waals surface area contributed by atoms with Crippen LogP contribution in [0.25, 0.3) is 22.3 Å². The Labute approximate surface area is 201 Å². The zero-order valence-electron chi connectivity index (χ0n) is 19.1. The zero-order chi connectivity index (χ0) is 25.0. The van der Waals surface area contributed by atoms with Crippen LogP contribution in [0.1, 0.15) is 57.1 Å². The van der Waals surface area contributed by atoms with Gasteiger partial charge in [-0.15, -0.1) is 0 Å². The number of benzene rings is 1. The number of alkyl halides is 3. The first-order valence-electron chi connectivity index (χ1n) is 11.6. The predicted molar refractivity (Wildman–Crippen MR) is 125 cm³/mol. The molecule has 0 spiro atoms. The van der Waals surface area contributed by atoms with Crippen molar-refractivity contribution in [3.63, 3.8) is 0 Å². The first-order chi connectivity index (χ1) is 16.5. The molecule has 0 atom stereocenters. The van der Waals surface area contributed by atoms with Gasteiger partial charge in [-0.1, -0.05) is 12.1 Å². The predicted octanol–water partition coefficient (Wildman–Crippen LogP) is 5.70. The maximum absolute atomic E-state index is 13.3. The van der Waals surface area contributed by atoms with E-state index in [2.05, 4.69) is 15.8 Å². The molecule has 2 heterocycles. The van der Waals surface area contributed by atoms with E-state index in [0.717, 1.165) is 12.8 Å². The van der Waals surface area contributed by atoms with Gasteiger partial charge in [0, 0.05) is 23.2 Å². The van der Waals surface area contributed by atoms with E-state index >= 15 is 0 Å². The van der Waals surface area contributed by atoms with Crippen LogP contribution < -0.4 is 4.72 Å². The van der Waals surface area contributed by atoms with Gasteiger partial charge in [0.1, 0.15) is 11.7 Å². The van der Waals surface area contributed by atoms with Crippen LogP contribution in [0.3, 0.4) is 0 Å². The van der Waals surface area contributed by atoms with Crippen LogP contribution in [0.5, 0.6) is 0 Å². The lowest BCUT2D eigenvalue weighted by atomic mass is 9.85. The molecule has 10 heteroatoms. The summed E-state index contributed by atoms with van der Waals surface area (Å²) in [7, 11) is -3.69. The Balaban J connectivity index is 1.56. The normalized spacial score (nSPS) is 22.1. The Morgan fingerprint density at radius 2 is 1.77 bits per heavy atom. The van der Waals surface area contributed by atoms with Crippen LogP contribution in [-0.4, -0.2) is 29.7 Å². The van der Waals surface area contributed by atoms with Gasteiger partial charge in [0.25, 0.3) is 0 Å². The lowest BCUT2D eigenvalue weighted by molar-refractivity contribution is -0.183. The summed E-state index contributed by atoms with van der Waals surface area (Å²) in [4.78, 5) is 4.59. The molecule has 2 aliphatic rings. The van der Waals surface area contributed by atoms with Gasteiger partial charge in [-0.3, -0.25) is 0 Å². The average Bonchev–Trinajstić information content (AvgIpc) is 3.44. The smallest absolute Gasteiger partial charge is 0.321 e. The minimum atomic E-state index is -4.21. The summed E-state index contributed by atoms with van der Waals surface area (Å²) in [5.74, 6) is -1.32. The van der Waals surface area contributed by atoms with Gasteiger partial charge in [-0.05, 0) is 75.3 Å². The molecule has 2 aliphatic carbocycles. The highest BCUT2D eigenvalue weighted by Gasteiger charge is 2.43. The van der Waals surface area contributed by atoms with Gasteiger partial charge in [0.05, 0.1) is 22.1 Å². The molecule has 0 bridgehead atoms. The third-order valence-corrected chi connectivity index (χ3v) is 8.87. The van der Waals surface area contributed by atoms with Crippen LogP contribution in [0.2, 0.25) is 0 Å². The second-order valence-corrected chi connectivity index (χ2v) is 11.5. The Bertz CT molecular complexity index is 1410. The minimum absolute atomic E-state index is 0.0175. The highest BCUT2D eigenvalue weighted by atomic mass is 32.2. The molecule has 184 valence electrons. The van der Waals surface area contributed by atoms with Crippen LogP contribution >= 0.6 is 0 Å². The first kappa shape index (κ1) is 23.8. The molecule has 1 N–H and O–H groups in total. The van der Waals surface area contributed by atoms with Crippen LogP contribution in [0, 0.1) is 17.2 Å². The number of pyridine rings is 1. The van der Waals surface area contributed by atoms with Gasteiger partial charge >= 0.3 is 6.18 Å². The fourth-order valence-corrected chi connectivity index (χ4v) is 6.48. The van der Waals surface area contributed by atoms with E-state index in [1.165, 1.54) is 12.1 Å². The summed E-state index contributed by atoms with van der Waals surface area (Å²) in [6.45, 7) is 1.86. The van der Waals surface area contributed by atoms with Gasteiger partial charge < -0.3 is 4.57 Å². The minimum Gasteiger partial charge on any atom is -0.321 e. The van der Waals surface area contributed by atoms with Crippen molar-refractivity contribution in [1.29, 1.82) is 5.26 Å². The molecule has 2 aromatic heterocycles. The van der Waals surface area contributed by atoms with Crippen LogP contribution in [0.15, 0.2) is 47.5 Å². The van der Waals surface area contributed by atoms with Gasteiger partial charge in [0.15, 0.2) is 0 Å². The second kappa shape index (κ2) is 8.35. The molecule has 6 nitrogen and oxygen atoms in total. The number of nitriles is 1. The molecular formula is C25H25F3N4O2S. The van der Waals surface area contributed by atoms with E-state index in [1.807, 2.05) is 11.5 Å². The fraction of sp³-hybridized carbons (Fsp3) is 0.440. The van der Waals surface area contributed by atoms with E-state index in [4.69, 9.17) is 0 Å². The highest BCUT2D eigenvalue weighted by Crippen LogP contribution is 2.45. The van der Waals surface area contributed by atoms with Gasteiger partial charge in [-0.25, -0.2) is 18.1 Å². The van der Waals surface area contributed by atoms with Crippen molar-refractivity contribution < 1.29 is 21.6 Å². The Kier molecular flexibility index (Phi) is 5.68. The number of aromatic nitrogens is 2. The van der Waals surface area contributed by atoms with Crippen molar-refractivity contribution in [2.24, 2.45) is 5.92 Å². The van der Waals surface area contributed by atoms with Crippen molar-refractivity contribution in [3.8, 4) is 17.3 Å². The summed E-state index contributed by atoms with van der Waals surface area (Å²) in [6.07, 6.45) is -0.360. The molecule has 0 radical (unpaired) electrons. The van der Waals surface area contributed by atoms with Crippen molar-refractivity contribution >= 4 is 21.1 Å². The SMILES string of the molecule is CC1(NS(=O)(=O)c2ccc(-c3c(C#N)c4cccnc4n3C3CCC(C(F)(F)F)CC3)cc2)CC1. The topological polar surface area (TPSA) is 87.8 Å². The maximum Gasteiger partial charge on any atom is 0.391 e. The molecule has 2 saturated carbocycles. The molecule has 1 aromatic carbocycles. The monoisotopic (exact) mass is 502 g/mol. The fourth-order valence-electron chi connectivity index (χ4n) is 5.02. The average molecular weight is 503 g/mol. The summed E-state index contributed by atoms with van der Waals surface area (Å²) >= 11 is 0. The number of rotatable bonds is 5. The van der Waals surface area contributed by atoms with Gasteiger partial charge in [-0.2, -0.15) is 18.4 Å². The van der Waals surface area contributed by atoms with Crippen molar-refractivity contribution in [3.05, 3.63) is 48.2 Å². The number of nitrogens with zero attached hydrogens (tertiary/aromatic N) is 3. The van der Waals surface area contributed by atoms with Crippen LogP contribution in [0.4, 0.5) is 13.2 Å².